The first-order valence-electron chi connectivity index (χ1n) is 13.0. The molecule has 0 N–H and O–H groups in total. The Labute approximate surface area is 203 Å². The fourth-order valence-corrected chi connectivity index (χ4v) is 4.21. The average molecular weight is 483 g/mol. The highest BCUT2D eigenvalue weighted by Gasteiger charge is 2.34. The molecule has 0 heterocycles. The van der Waals surface area contributed by atoms with Gasteiger partial charge in [-0.1, -0.05) is 34.1 Å². The van der Waals surface area contributed by atoms with E-state index < -0.39 is 11.9 Å². The molecule has 2 rings (SSSR count). The van der Waals surface area contributed by atoms with Crippen LogP contribution in [0.4, 0.5) is 0 Å². The maximum Gasteiger partial charge on any atom is 0.344 e. The van der Waals surface area contributed by atoms with Gasteiger partial charge < -0.3 is 18.9 Å². The van der Waals surface area contributed by atoms with Gasteiger partial charge in [-0.3, -0.25) is 14.4 Å². The zero-order valence-corrected chi connectivity index (χ0v) is 21.2. The first-order valence-corrected chi connectivity index (χ1v) is 13.0. The quantitative estimate of drug-likeness (QED) is 0.316. The van der Waals surface area contributed by atoms with Crippen LogP contribution < -0.4 is 0 Å². The van der Waals surface area contributed by atoms with Crippen molar-refractivity contribution in [3.8, 4) is 0 Å². The zero-order valence-electron chi connectivity index (χ0n) is 21.2. The van der Waals surface area contributed by atoms with Crippen LogP contribution in [0.3, 0.4) is 0 Å². The highest BCUT2D eigenvalue weighted by Crippen LogP contribution is 2.32. The third kappa shape index (κ3) is 9.26. The van der Waals surface area contributed by atoms with Crippen LogP contribution in [0.15, 0.2) is 0 Å². The predicted octanol–water partition coefficient (Wildman–Crippen LogP) is 4.37. The Morgan fingerprint density at radius 1 is 0.706 bits per heavy atom. The van der Waals surface area contributed by atoms with E-state index in [1.54, 1.807) is 6.92 Å². The monoisotopic (exact) mass is 482 g/mol. The molecule has 2 saturated carbocycles. The van der Waals surface area contributed by atoms with Crippen molar-refractivity contribution < 1.29 is 38.1 Å². The third-order valence-electron chi connectivity index (χ3n) is 7.15. The molecule has 2 aliphatic carbocycles. The van der Waals surface area contributed by atoms with Gasteiger partial charge in [0.2, 0.25) is 0 Å². The summed E-state index contributed by atoms with van der Waals surface area (Å²) < 4.78 is 21.5. The molecule has 2 atom stereocenters. The minimum absolute atomic E-state index is 0.123. The van der Waals surface area contributed by atoms with E-state index in [1.165, 1.54) is 0 Å². The molecule has 2 fully saturated rings. The Kier molecular flexibility index (Phi) is 11.8. The maximum atomic E-state index is 12.6. The number of carbonyl (C=O) groups is 4. The molecule has 0 saturated heterocycles. The molecule has 2 aliphatic rings. The number of carbonyl (C=O) groups excluding carboxylic acids is 4. The molecule has 8 nitrogen and oxygen atoms in total. The SMILES string of the molecule is CCC(C)COC(=O)C1CCC(C(=O)OC2CCC(OC(=O)COC(=O)C(C)CC)CC2)CC1. The van der Waals surface area contributed by atoms with Gasteiger partial charge in [0.1, 0.15) is 12.2 Å². The van der Waals surface area contributed by atoms with Crippen molar-refractivity contribution in [3.05, 3.63) is 0 Å². The van der Waals surface area contributed by atoms with E-state index in [0.29, 0.717) is 70.3 Å². The topological polar surface area (TPSA) is 105 Å². The van der Waals surface area contributed by atoms with Crippen molar-refractivity contribution in [3.63, 3.8) is 0 Å². The van der Waals surface area contributed by atoms with Gasteiger partial charge in [-0.15, -0.1) is 0 Å². The van der Waals surface area contributed by atoms with E-state index in [1.807, 2.05) is 6.92 Å². The smallest absolute Gasteiger partial charge is 0.344 e. The molecule has 0 aliphatic heterocycles. The lowest BCUT2D eigenvalue weighted by Crippen LogP contribution is -2.34. The predicted molar refractivity (Wildman–Crippen MR) is 125 cm³/mol. The van der Waals surface area contributed by atoms with Gasteiger partial charge in [0, 0.05) is 0 Å². The van der Waals surface area contributed by atoms with Gasteiger partial charge in [-0.05, 0) is 63.7 Å². The van der Waals surface area contributed by atoms with Gasteiger partial charge in [0.15, 0.2) is 6.61 Å². The molecule has 2 unspecified atom stereocenters. The number of ether oxygens (including phenoxy) is 4. The van der Waals surface area contributed by atoms with Crippen LogP contribution in [0.1, 0.15) is 91.9 Å². The van der Waals surface area contributed by atoms with Crippen LogP contribution in [-0.4, -0.2) is 49.3 Å². The van der Waals surface area contributed by atoms with E-state index in [9.17, 15) is 19.2 Å². The van der Waals surface area contributed by atoms with Crippen molar-refractivity contribution in [1.82, 2.24) is 0 Å². The average Bonchev–Trinajstić information content (AvgIpc) is 2.86. The van der Waals surface area contributed by atoms with E-state index in [4.69, 9.17) is 18.9 Å². The first kappa shape index (κ1) is 28.1. The van der Waals surface area contributed by atoms with Crippen molar-refractivity contribution in [2.24, 2.45) is 23.7 Å². The zero-order chi connectivity index (χ0) is 25.1. The molecule has 0 spiro atoms. The first-order chi connectivity index (χ1) is 16.2. The second-order valence-corrected chi connectivity index (χ2v) is 9.93. The summed E-state index contributed by atoms with van der Waals surface area (Å²) in [5.74, 6) is -1.45. The molecule has 34 heavy (non-hydrogen) atoms. The lowest BCUT2D eigenvalue weighted by molar-refractivity contribution is -0.168. The standard InChI is InChI=1S/C26H42O8/c1-5-17(3)15-31-25(29)19-7-9-20(10-8-19)26(30)34-22-13-11-21(12-14-22)33-23(27)16-32-24(28)18(4)6-2/h17-22H,5-16H2,1-4H3. The molecule has 0 amide bonds. The van der Waals surface area contributed by atoms with Gasteiger partial charge in [-0.25, -0.2) is 4.79 Å². The molecule has 0 radical (unpaired) electrons. The van der Waals surface area contributed by atoms with Crippen LogP contribution in [0.5, 0.6) is 0 Å². The third-order valence-corrected chi connectivity index (χ3v) is 7.15. The van der Waals surface area contributed by atoms with Gasteiger partial charge in [0.25, 0.3) is 0 Å². The van der Waals surface area contributed by atoms with E-state index in [0.717, 1.165) is 6.42 Å². The highest BCUT2D eigenvalue weighted by atomic mass is 16.6. The molecule has 0 aromatic carbocycles. The minimum Gasteiger partial charge on any atom is -0.465 e. The van der Waals surface area contributed by atoms with E-state index in [2.05, 4.69) is 13.8 Å². The number of rotatable bonds is 11. The van der Waals surface area contributed by atoms with Crippen LogP contribution in [0.2, 0.25) is 0 Å². The highest BCUT2D eigenvalue weighted by molar-refractivity contribution is 5.77. The summed E-state index contributed by atoms with van der Waals surface area (Å²) in [5, 5.41) is 0. The molecule has 0 aromatic rings. The summed E-state index contributed by atoms with van der Waals surface area (Å²) >= 11 is 0. The normalized spacial score (nSPS) is 26.6. The Balaban J connectivity index is 1.62. The summed E-state index contributed by atoms with van der Waals surface area (Å²) in [5.41, 5.74) is 0. The Morgan fingerprint density at radius 3 is 1.76 bits per heavy atom. The molecule has 8 heteroatoms. The fraction of sp³-hybridized carbons (Fsp3) is 0.846. The largest absolute Gasteiger partial charge is 0.465 e. The number of esters is 4. The fourth-order valence-electron chi connectivity index (χ4n) is 4.21. The van der Waals surface area contributed by atoms with Crippen LogP contribution in [0, 0.1) is 23.7 Å². The molecule has 194 valence electrons. The molecular weight excluding hydrogens is 440 g/mol. The summed E-state index contributed by atoms with van der Waals surface area (Å²) in [6, 6.07) is 0. The number of hydrogen-bond donors (Lipinski definition) is 0. The van der Waals surface area contributed by atoms with Gasteiger partial charge in [-0.2, -0.15) is 0 Å². The molecule has 0 aromatic heterocycles. The second kappa shape index (κ2) is 14.3. The summed E-state index contributed by atoms with van der Waals surface area (Å²) in [6.07, 6.45) is 6.29. The molecule has 0 bridgehead atoms. The summed E-state index contributed by atoms with van der Waals surface area (Å²) in [6.45, 7) is 7.85. The Hall–Kier alpha value is -2.12. The van der Waals surface area contributed by atoms with E-state index >= 15 is 0 Å². The second-order valence-electron chi connectivity index (χ2n) is 9.93. The Bertz CT molecular complexity index is 674. The summed E-state index contributed by atoms with van der Waals surface area (Å²) in [7, 11) is 0. The lowest BCUT2D eigenvalue weighted by atomic mass is 9.82. The van der Waals surface area contributed by atoms with Crippen molar-refractivity contribution in [1.29, 1.82) is 0 Å². The lowest BCUT2D eigenvalue weighted by Gasteiger charge is -2.31. The van der Waals surface area contributed by atoms with Gasteiger partial charge in [0.05, 0.1) is 24.4 Å². The molecular formula is C26H42O8. The van der Waals surface area contributed by atoms with Crippen molar-refractivity contribution >= 4 is 23.9 Å². The summed E-state index contributed by atoms with van der Waals surface area (Å²) in [4.78, 5) is 48.5. The van der Waals surface area contributed by atoms with Crippen molar-refractivity contribution in [2.75, 3.05) is 13.2 Å². The van der Waals surface area contributed by atoms with Crippen LogP contribution in [-0.2, 0) is 38.1 Å². The number of hydrogen-bond acceptors (Lipinski definition) is 8. The van der Waals surface area contributed by atoms with Gasteiger partial charge >= 0.3 is 23.9 Å². The van der Waals surface area contributed by atoms with Crippen LogP contribution in [0.25, 0.3) is 0 Å². The van der Waals surface area contributed by atoms with Crippen molar-refractivity contribution in [2.45, 2.75) is 104 Å². The Morgan fingerprint density at radius 2 is 1.24 bits per heavy atom. The van der Waals surface area contributed by atoms with Crippen LogP contribution >= 0.6 is 0 Å². The maximum absolute atomic E-state index is 12.6. The van der Waals surface area contributed by atoms with E-state index in [-0.39, 0.29) is 48.5 Å². The minimum atomic E-state index is -0.545.